The van der Waals surface area contributed by atoms with Crippen LogP contribution in [0.4, 0.5) is 10.1 Å². The van der Waals surface area contributed by atoms with Gasteiger partial charge in [-0.3, -0.25) is 0 Å². The fraction of sp³-hybridized carbons (Fsp3) is 0.296. The number of sulfone groups is 1. The van der Waals surface area contributed by atoms with Crippen molar-refractivity contribution in [1.82, 2.24) is 14.9 Å². The summed E-state index contributed by atoms with van der Waals surface area (Å²) in [6.07, 6.45) is 5.10. The molecule has 2 aromatic heterocycles. The minimum absolute atomic E-state index is 0.289. The van der Waals surface area contributed by atoms with Crippen molar-refractivity contribution in [2.45, 2.75) is 30.2 Å². The number of hydrogen-bond acceptors (Lipinski definition) is 5. The SMILES string of the molecule is CN1CCC(c2cc3c(-c4cc(NCc5ccc(S(C)(=O)=O)cc5)ccc4F)ccnc3[nH]2)CC1. The van der Waals surface area contributed by atoms with Gasteiger partial charge in [-0.15, -0.1) is 0 Å². The third-order valence-electron chi connectivity index (χ3n) is 6.82. The third-order valence-corrected chi connectivity index (χ3v) is 7.94. The molecular formula is C27H29FN4O2S. The summed E-state index contributed by atoms with van der Waals surface area (Å²) >= 11 is 0. The van der Waals surface area contributed by atoms with E-state index >= 15 is 0 Å². The lowest BCUT2D eigenvalue weighted by Gasteiger charge is -2.28. The van der Waals surface area contributed by atoms with Gasteiger partial charge in [0.1, 0.15) is 11.5 Å². The average molecular weight is 493 g/mol. The van der Waals surface area contributed by atoms with Gasteiger partial charge >= 0.3 is 0 Å². The van der Waals surface area contributed by atoms with Crippen molar-refractivity contribution >= 4 is 26.6 Å². The van der Waals surface area contributed by atoms with Crippen LogP contribution in [0.3, 0.4) is 0 Å². The summed E-state index contributed by atoms with van der Waals surface area (Å²) in [5.74, 6) is 0.169. The molecule has 1 aliphatic rings. The van der Waals surface area contributed by atoms with Crippen molar-refractivity contribution in [3.8, 4) is 11.1 Å². The molecule has 0 bridgehead atoms. The molecule has 0 unspecified atom stereocenters. The highest BCUT2D eigenvalue weighted by atomic mass is 32.2. The van der Waals surface area contributed by atoms with Gasteiger partial charge in [0, 0.05) is 47.2 Å². The van der Waals surface area contributed by atoms with Crippen molar-refractivity contribution in [3.63, 3.8) is 0 Å². The molecule has 6 nitrogen and oxygen atoms in total. The number of aromatic amines is 1. The monoisotopic (exact) mass is 492 g/mol. The molecule has 182 valence electrons. The Morgan fingerprint density at radius 1 is 1.06 bits per heavy atom. The van der Waals surface area contributed by atoms with E-state index < -0.39 is 9.84 Å². The minimum Gasteiger partial charge on any atom is -0.381 e. The predicted octanol–water partition coefficient (Wildman–Crippen LogP) is 5.19. The summed E-state index contributed by atoms with van der Waals surface area (Å²) in [4.78, 5) is 10.6. The van der Waals surface area contributed by atoms with Gasteiger partial charge in [-0.05, 0) is 86.6 Å². The van der Waals surface area contributed by atoms with Crippen LogP contribution in [0.5, 0.6) is 0 Å². The fourth-order valence-electron chi connectivity index (χ4n) is 4.72. The van der Waals surface area contributed by atoms with Crippen LogP contribution in [0.25, 0.3) is 22.2 Å². The van der Waals surface area contributed by atoms with Gasteiger partial charge in [0.25, 0.3) is 0 Å². The van der Waals surface area contributed by atoms with E-state index in [1.54, 1.807) is 36.5 Å². The second-order valence-electron chi connectivity index (χ2n) is 9.39. The number of nitrogens with zero attached hydrogens (tertiary/aromatic N) is 2. The first-order valence-corrected chi connectivity index (χ1v) is 13.7. The highest BCUT2D eigenvalue weighted by Crippen LogP contribution is 2.35. The lowest BCUT2D eigenvalue weighted by atomic mass is 9.93. The number of halogens is 1. The molecule has 0 saturated carbocycles. The van der Waals surface area contributed by atoms with E-state index in [9.17, 15) is 12.8 Å². The standard InChI is InChI=1S/C27H29FN4O2S/c1-32-13-10-19(11-14-32)26-16-24-22(9-12-29-27(24)31-26)23-15-20(5-8-25(23)28)30-17-18-3-6-21(7-4-18)35(2,33)34/h3-9,12,15-16,19,30H,10-11,13-14,17H2,1-2H3,(H,29,31). The average Bonchev–Trinajstić information content (AvgIpc) is 3.28. The number of likely N-dealkylation sites (tertiary alicyclic amines) is 1. The van der Waals surface area contributed by atoms with Gasteiger partial charge in [0.2, 0.25) is 0 Å². The number of H-pyrrole nitrogens is 1. The second kappa shape index (κ2) is 9.43. The number of nitrogens with one attached hydrogen (secondary N) is 2. The van der Waals surface area contributed by atoms with Gasteiger partial charge in [-0.1, -0.05) is 12.1 Å². The van der Waals surface area contributed by atoms with Crippen LogP contribution in [0.2, 0.25) is 0 Å². The largest absolute Gasteiger partial charge is 0.381 e. The highest BCUT2D eigenvalue weighted by Gasteiger charge is 2.21. The lowest BCUT2D eigenvalue weighted by molar-refractivity contribution is 0.254. The Morgan fingerprint density at radius 2 is 1.80 bits per heavy atom. The number of piperidine rings is 1. The van der Waals surface area contributed by atoms with Crippen LogP contribution in [0.1, 0.15) is 30.0 Å². The Bertz CT molecular complexity index is 1460. The number of hydrogen-bond donors (Lipinski definition) is 2. The maximum atomic E-state index is 15.0. The molecule has 1 aliphatic heterocycles. The summed E-state index contributed by atoms with van der Waals surface area (Å²) in [6, 6.07) is 15.8. The number of anilines is 1. The van der Waals surface area contributed by atoms with Crippen molar-refractivity contribution in [3.05, 3.63) is 77.9 Å². The zero-order chi connectivity index (χ0) is 24.6. The topological polar surface area (TPSA) is 78.1 Å². The number of rotatable bonds is 6. The molecule has 4 aromatic rings. The summed E-state index contributed by atoms with van der Waals surface area (Å²) in [6.45, 7) is 2.63. The number of fused-ring (bicyclic) bond motifs is 1. The smallest absolute Gasteiger partial charge is 0.175 e. The molecule has 2 N–H and O–H groups in total. The van der Waals surface area contributed by atoms with Gasteiger partial charge in [-0.25, -0.2) is 17.8 Å². The minimum atomic E-state index is -3.23. The first-order valence-electron chi connectivity index (χ1n) is 11.8. The van der Waals surface area contributed by atoms with Crippen LogP contribution >= 0.6 is 0 Å². The molecule has 0 aliphatic carbocycles. The van der Waals surface area contributed by atoms with Gasteiger partial charge in [0.05, 0.1) is 4.90 Å². The Balaban J connectivity index is 1.40. The van der Waals surface area contributed by atoms with Crippen LogP contribution < -0.4 is 5.32 Å². The van der Waals surface area contributed by atoms with E-state index in [2.05, 4.69) is 33.3 Å². The molecule has 8 heteroatoms. The van der Waals surface area contributed by atoms with E-state index in [1.807, 2.05) is 12.1 Å². The zero-order valence-corrected chi connectivity index (χ0v) is 20.7. The van der Waals surface area contributed by atoms with Crippen LogP contribution in [-0.4, -0.2) is 49.7 Å². The molecule has 35 heavy (non-hydrogen) atoms. The second-order valence-corrected chi connectivity index (χ2v) is 11.4. The molecule has 0 atom stereocenters. The first-order chi connectivity index (χ1) is 16.8. The maximum absolute atomic E-state index is 15.0. The molecule has 5 rings (SSSR count). The fourth-order valence-corrected chi connectivity index (χ4v) is 5.35. The number of pyridine rings is 1. The highest BCUT2D eigenvalue weighted by molar-refractivity contribution is 7.90. The number of benzene rings is 2. The van der Waals surface area contributed by atoms with Crippen LogP contribution in [0.15, 0.2) is 65.7 Å². The van der Waals surface area contributed by atoms with Gasteiger partial charge in [-0.2, -0.15) is 0 Å². The molecular weight excluding hydrogens is 463 g/mol. The summed E-state index contributed by atoms with van der Waals surface area (Å²) < 4.78 is 38.3. The summed E-state index contributed by atoms with van der Waals surface area (Å²) in [5, 5.41) is 4.25. The lowest BCUT2D eigenvalue weighted by Crippen LogP contribution is -2.29. The Morgan fingerprint density at radius 3 is 2.51 bits per heavy atom. The van der Waals surface area contributed by atoms with E-state index in [0.717, 1.165) is 53.8 Å². The van der Waals surface area contributed by atoms with E-state index in [0.29, 0.717) is 18.0 Å². The van der Waals surface area contributed by atoms with E-state index in [1.165, 1.54) is 18.0 Å². The summed E-state index contributed by atoms with van der Waals surface area (Å²) in [7, 11) is -1.08. The Hall–Kier alpha value is -3.23. The quantitative estimate of drug-likeness (QED) is 0.387. The molecule has 3 heterocycles. The molecule has 1 saturated heterocycles. The van der Waals surface area contributed by atoms with E-state index in [-0.39, 0.29) is 10.7 Å². The van der Waals surface area contributed by atoms with Gasteiger partial charge < -0.3 is 15.2 Å². The van der Waals surface area contributed by atoms with Crippen molar-refractivity contribution < 1.29 is 12.8 Å². The maximum Gasteiger partial charge on any atom is 0.175 e. The number of aromatic nitrogens is 2. The Kier molecular flexibility index (Phi) is 6.34. The van der Waals surface area contributed by atoms with E-state index in [4.69, 9.17) is 0 Å². The van der Waals surface area contributed by atoms with Crippen molar-refractivity contribution in [1.29, 1.82) is 0 Å². The van der Waals surface area contributed by atoms with Crippen LogP contribution in [0, 0.1) is 5.82 Å². The molecule has 0 radical (unpaired) electrons. The third kappa shape index (κ3) is 5.09. The predicted molar refractivity (Wildman–Crippen MR) is 138 cm³/mol. The molecule has 1 fully saturated rings. The first kappa shape index (κ1) is 23.5. The Labute approximate surface area is 205 Å². The van der Waals surface area contributed by atoms with Crippen LogP contribution in [-0.2, 0) is 16.4 Å². The van der Waals surface area contributed by atoms with Crippen molar-refractivity contribution in [2.75, 3.05) is 31.7 Å². The van der Waals surface area contributed by atoms with Crippen molar-refractivity contribution in [2.24, 2.45) is 0 Å². The normalized spacial score (nSPS) is 15.5. The van der Waals surface area contributed by atoms with Gasteiger partial charge in [0.15, 0.2) is 9.84 Å². The summed E-state index contributed by atoms with van der Waals surface area (Å²) in [5.41, 5.74) is 4.99. The zero-order valence-electron chi connectivity index (χ0n) is 19.9. The molecule has 2 aromatic carbocycles. The molecule has 0 amide bonds. The molecule has 0 spiro atoms.